The summed E-state index contributed by atoms with van der Waals surface area (Å²) >= 11 is 0. The number of phenols is 1. The Bertz CT molecular complexity index is 449. The van der Waals surface area contributed by atoms with E-state index in [1.807, 2.05) is 46.8 Å². The third kappa shape index (κ3) is 5.30. The molecule has 0 saturated carbocycles. The summed E-state index contributed by atoms with van der Waals surface area (Å²) in [5.41, 5.74) is 1.37. The van der Waals surface area contributed by atoms with Gasteiger partial charge in [0, 0.05) is 11.6 Å². The Morgan fingerprint density at radius 1 is 1.42 bits per heavy atom. The highest BCUT2D eigenvalue weighted by Crippen LogP contribution is 2.24. The van der Waals surface area contributed by atoms with Crippen molar-refractivity contribution < 1.29 is 14.6 Å². The largest absolute Gasteiger partial charge is 0.508 e. The third-order valence-electron chi connectivity index (χ3n) is 2.62. The van der Waals surface area contributed by atoms with Gasteiger partial charge < -0.3 is 15.2 Å². The van der Waals surface area contributed by atoms with Gasteiger partial charge in [0.2, 0.25) is 0 Å². The Morgan fingerprint density at radius 2 is 2.05 bits per heavy atom. The molecule has 2 N–H and O–H groups in total. The first-order chi connectivity index (χ1) is 8.69. The fourth-order valence-corrected chi connectivity index (χ4v) is 1.74. The maximum absolute atomic E-state index is 11.6. The van der Waals surface area contributed by atoms with Crippen molar-refractivity contribution in [1.29, 1.82) is 0 Å². The number of esters is 1. The molecule has 106 valence electrons. The fraction of sp³-hybridized carbons (Fsp3) is 0.533. The minimum atomic E-state index is -0.479. The SMILES string of the molecule is Cc1ccc(O)c(C(C)NCC(=O)OC(C)(C)C)c1. The lowest BCUT2D eigenvalue weighted by Crippen LogP contribution is -2.32. The van der Waals surface area contributed by atoms with Crippen LogP contribution in [0.25, 0.3) is 0 Å². The molecule has 1 unspecified atom stereocenters. The maximum Gasteiger partial charge on any atom is 0.320 e. The van der Waals surface area contributed by atoms with Crippen molar-refractivity contribution in [3.05, 3.63) is 29.3 Å². The van der Waals surface area contributed by atoms with E-state index >= 15 is 0 Å². The molecule has 0 bridgehead atoms. The molecule has 0 aliphatic heterocycles. The Morgan fingerprint density at radius 3 is 2.63 bits per heavy atom. The highest BCUT2D eigenvalue weighted by atomic mass is 16.6. The summed E-state index contributed by atoms with van der Waals surface area (Å²) in [7, 11) is 0. The standard InChI is InChI=1S/C15H23NO3/c1-10-6-7-13(17)12(8-10)11(2)16-9-14(18)19-15(3,4)5/h6-8,11,16-17H,9H2,1-5H3. The van der Waals surface area contributed by atoms with E-state index in [-0.39, 0.29) is 24.3 Å². The van der Waals surface area contributed by atoms with Gasteiger partial charge in [-0.1, -0.05) is 17.7 Å². The van der Waals surface area contributed by atoms with Gasteiger partial charge in [-0.05, 0) is 40.7 Å². The van der Waals surface area contributed by atoms with Gasteiger partial charge in [-0.2, -0.15) is 0 Å². The first-order valence-corrected chi connectivity index (χ1v) is 6.44. The lowest BCUT2D eigenvalue weighted by Gasteiger charge is -2.21. The Balaban J connectivity index is 2.58. The third-order valence-corrected chi connectivity index (χ3v) is 2.62. The maximum atomic E-state index is 11.6. The molecule has 0 amide bonds. The van der Waals surface area contributed by atoms with Crippen LogP contribution in [0.3, 0.4) is 0 Å². The van der Waals surface area contributed by atoms with Gasteiger partial charge in [0.15, 0.2) is 0 Å². The number of ether oxygens (including phenoxy) is 1. The topological polar surface area (TPSA) is 58.6 Å². The Kier molecular flexibility index (Phi) is 4.95. The van der Waals surface area contributed by atoms with E-state index in [2.05, 4.69) is 5.32 Å². The predicted molar refractivity (Wildman–Crippen MR) is 75.1 cm³/mol. The van der Waals surface area contributed by atoms with Gasteiger partial charge in [-0.15, -0.1) is 0 Å². The highest BCUT2D eigenvalue weighted by Gasteiger charge is 2.17. The molecule has 4 nitrogen and oxygen atoms in total. The number of phenolic OH excluding ortho intramolecular Hbond substituents is 1. The van der Waals surface area contributed by atoms with Crippen LogP contribution in [0.15, 0.2) is 18.2 Å². The number of carbonyl (C=O) groups is 1. The second kappa shape index (κ2) is 6.06. The summed E-state index contributed by atoms with van der Waals surface area (Å²) in [5.74, 6) is -0.0683. The number of aromatic hydroxyl groups is 1. The number of hydrogen-bond donors (Lipinski definition) is 2. The van der Waals surface area contributed by atoms with E-state index in [4.69, 9.17) is 4.74 Å². The monoisotopic (exact) mass is 265 g/mol. The summed E-state index contributed by atoms with van der Waals surface area (Å²) < 4.78 is 5.21. The average Bonchev–Trinajstić information content (AvgIpc) is 2.27. The molecular formula is C15H23NO3. The molecule has 19 heavy (non-hydrogen) atoms. The molecule has 0 radical (unpaired) electrons. The molecule has 0 aliphatic carbocycles. The fourth-order valence-electron chi connectivity index (χ4n) is 1.74. The Labute approximate surface area is 114 Å². The minimum Gasteiger partial charge on any atom is -0.508 e. The molecule has 0 spiro atoms. The zero-order valence-electron chi connectivity index (χ0n) is 12.3. The minimum absolute atomic E-state index is 0.117. The predicted octanol–water partition coefficient (Wildman–Crippen LogP) is 2.69. The van der Waals surface area contributed by atoms with Crippen molar-refractivity contribution in [3.8, 4) is 5.75 Å². The van der Waals surface area contributed by atoms with Crippen LogP contribution in [0.5, 0.6) is 5.75 Å². The molecule has 1 atom stereocenters. The number of hydrogen-bond acceptors (Lipinski definition) is 4. The summed E-state index contributed by atoms with van der Waals surface area (Å²) in [4.78, 5) is 11.6. The number of nitrogens with one attached hydrogen (secondary N) is 1. The van der Waals surface area contributed by atoms with Crippen molar-refractivity contribution in [2.24, 2.45) is 0 Å². The van der Waals surface area contributed by atoms with Gasteiger partial charge in [-0.3, -0.25) is 4.79 Å². The molecule has 4 heteroatoms. The molecule has 1 rings (SSSR count). The number of rotatable bonds is 4. The van der Waals surface area contributed by atoms with Crippen LogP contribution in [0.2, 0.25) is 0 Å². The van der Waals surface area contributed by atoms with Crippen LogP contribution < -0.4 is 5.32 Å². The first-order valence-electron chi connectivity index (χ1n) is 6.44. The zero-order valence-corrected chi connectivity index (χ0v) is 12.3. The number of aryl methyl sites for hydroxylation is 1. The number of carbonyl (C=O) groups excluding carboxylic acids is 1. The van der Waals surface area contributed by atoms with Crippen molar-refractivity contribution in [1.82, 2.24) is 5.32 Å². The molecule has 1 aromatic carbocycles. The lowest BCUT2D eigenvalue weighted by atomic mass is 10.0. The van der Waals surface area contributed by atoms with E-state index < -0.39 is 5.60 Å². The number of benzene rings is 1. The zero-order chi connectivity index (χ0) is 14.6. The second-order valence-electron chi connectivity index (χ2n) is 5.75. The van der Waals surface area contributed by atoms with Crippen LogP contribution in [-0.2, 0) is 9.53 Å². The van der Waals surface area contributed by atoms with Crippen molar-refractivity contribution in [3.63, 3.8) is 0 Å². The normalized spacial score (nSPS) is 13.1. The second-order valence-corrected chi connectivity index (χ2v) is 5.75. The van der Waals surface area contributed by atoms with Crippen LogP contribution in [-0.4, -0.2) is 23.2 Å². The van der Waals surface area contributed by atoms with Crippen molar-refractivity contribution >= 4 is 5.97 Å². The van der Waals surface area contributed by atoms with E-state index in [1.54, 1.807) is 6.07 Å². The van der Waals surface area contributed by atoms with Gasteiger partial charge in [0.1, 0.15) is 11.4 Å². The highest BCUT2D eigenvalue weighted by molar-refractivity contribution is 5.72. The van der Waals surface area contributed by atoms with E-state index in [0.29, 0.717) is 0 Å². The smallest absolute Gasteiger partial charge is 0.320 e. The lowest BCUT2D eigenvalue weighted by molar-refractivity contribution is -0.153. The van der Waals surface area contributed by atoms with E-state index in [1.165, 1.54) is 0 Å². The van der Waals surface area contributed by atoms with E-state index in [9.17, 15) is 9.90 Å². The van der Waals surface area contributed by atoms with Gasteiger partial charge in [-0.25, -0.2) is 0 Å². The van der Waals surface area contributed by atoms with Gasteiger partial charge in [0.25, 0.3) is 0 Å². The molecule has 0 heterocycles. The van der Waals surface area contributed by atoms with Crippen LogP contribution in [0.4, 0.5) is 0 Å². The average molecular weight is 265 g/mol. The quantitative estimate of drug-likeness (QED) is 0.822. The Hall–Kier alpha value is -1.55. The summed E-state index contributed by atoms with van der Waals surface area (Å²) in [6.07, 6.45) is 0. The molecule has 0 aliphatic rings. The summed E-state index contributed by atoms with van der Waals surface area (Å²) in [6, 6.07) is 5.30. The first kappa shape index (κ1) is 15.5. The van der Waals surface area contributed by atoms with Gasteiger partial charge in [0.05, 0.1) is 6.54 Å². The summed E-state index contributed by atoms with van der Waals surface area (Å²) in [5, 5.41) is 12.9. The molecular weight excluding hydrogens is 242 g/mol. The van der Waals surface area contributed by atoms with Crippen LogP contribution >= 0.6 is 0 Å². The molecule has 0 fully saturated rings. The van der Waals surface area contributed by atoms with Crippen LogP contribution in [0, 0.1) is 6.92 Å². The van der Waals surface area contributed by atoms with Crippen molar-refractivity contribution in [2.45, 2.75) is 46.3 Å². The van der Waals surface area contributed by atoms with Gasteiger partial charge >= 0.3 is 5.97 Å². The molecule has 1 aromatic rings. The van der Waals surface area contributed by atoms with Crippen LogP contribution in [0.1, 0.15) is 44.9 Å². The molecule has 0 saturated heterocycles. The molecule has 0 aromatic heterocycles. The van der Waals surface area contributed by atoms with E-state index in [0.717, 1.165) is 11.1 Å². The summed E-state index contributed by atoms with van der Waals surface area (Å²) in [6.45, 7) is 9.48. The van der Waals surface area contributed by atoms with Crippen molar-refractivity contribution in [2.75, 3.05) is 6.54 Å².